The van der Waals surface area contributed by atoms with Crippen molar-refractivity contribution in [3.8, 4) is 0 Å². The summed E-state index contributed by atoms with van der Waals surface area (Å²) in [6.07, 6.45) is -1.88. The number of rotatable bonds is 13. The third-order valence-electron chi connectivity index (χ3n) is 6.23. The third kappa shape index (κ3) is 11.6. The highest BCUT2D eigenvalue weighted by molar-refractivity contribution is 7.89. The maximum absolute atomic E-state index is 13.7. The van der Waals surface area contributed by atoms with E-state index in [2.05, 4.69) is 16.0 Å². The van der Waals surface area contributed by atoms with Gasteiger partial charge in [0.1, 0.15) is 11.1 Å². The predicted molar refractivity (Wildman–Crippen MR) is 166 cm³/mol. The molecule has 0 spiro atoms. The minimum Gasteiger partial charge on any atom is -0.444 e. The van der Waals surface area contributed by atoms with Gasteiger partial charge < -0.3 is 25.8 Å². The lowest BCUT2D eigenvalue weighted by atomic mass is 9.98. The molecule has 0 unspecified atom stereocenters. The summed E-state index contributed by atoms with van der Waals surface area (Å²) in [5, 5.41) is 19.5. The Bertz CT molecular complexity index is 1340. The Morgan fingerprint density at radius 2 is 1.51 bits per heavy atom. The standard InChI is InChI=1S/C31H46N4O7S/c1-21(2)19-35(43(40,41)25-16-14-24(15-17-25)32-22(3)36)20-27(37)26(18-23-12-10-9-11-13-23)33-28(38)31(7,8)34-29(39)42-30(4,5)6/h9-17,21,26-27,37H,18-20H2,1-8H3,(H,32,36)(H,33,38)(H,34,39)/t26-,27+/m0/s1. The second kappa shape index (κ2) is 14.8. The quantitative estimate of drug-likeness (QED) is 0.267. The van der Waals surface area contributed by atoms with E-state index in [4.69, 9.17) is 4.74 Å². The number of ether oxygens (including phenoxy) is 1. The normalized spacial score (nSPS) is 13.7. The van der Waals surface area contributed by atoms with Crippen LogP contribution in [0, 0.1) is 5.92 Å². The summed E-state index contributed by atoms with van der Waals surface area (Å²) in [5.74, 6) is -0.930. The van der Waals surface area contributed by atoms with Crippen LogP contribution >= 0.6 is 0 Å². The Hall–Kier alpha value is -3.48. The highest BCUT2D eigenvalue weighted by Crippen LogP contribution is 2.21. The van der Waals surface area contributed by atoms with E-state index in [0.29, 0.717) is 5.69 Å². The van der Waals surface area contributed by atoms with E-state index < -0.39 is 45.3 Å². The molecule has 2 atom stereocenters. The molecule has 12 heteroatoms. The van der Waals surface area contributed by atoms with Crippen molar-refractivity contribution in [3.63, 3.8) is 0 Å². The van der Waals surface area contributed by atoms with Crippen molar-refractivity contribution in [2.24, 2.45) is 5.92 Å². The number of nitrogens with zero attached hydrogens (tertiary/aromatic N) is 1. The zero-order chi connectivity index (χ0) is 32.6. The summed E-state index contributed by atoms with van der Waals surface area (Å²) >= 11 is 0. The van der Waals surface area contributed by atoms with Crippen molar-refractivity contribution in [1.29, 1.82) is 0 Å². The number of amides is 3. The molecule has 11 nitrogen and oxygen atoms in total. The molecule has 0 aliphatic carbocycles. The fourth-order valence-electron chi connectivity index (χ4n) is 4.19. The van der Waals surface area contributed by atoms with Crippen LogP contribution in [-0.4, -0.2) is 72.1 Å². The van der Waals surface area contributed by atoms with Crippen molar-refractivity contribution in [3.05, 3.63) is 60.2 Å². The lowest BCUT2D eigenvalue weighted by Crippen LogP contribution is -2.60. The van der Waals surface area contributed by atoms with Crippen LogP contribution in [0.3, 0.4) is 0 Å². The molecule has 3 amide bonds. The monoisotopic (exact) mass is 618 g/mol. The zero-order valence-corrected chi connectivity index (χ0v) is 27.1. The topological polar surface area (TPSA) is 154 Å². The lowest BCUT2D eigenvalue weighted by molar-refractivity contribution is -0.128. The summed E-state index contributed by atoms with van der Waals surface area (Å²) in [4.78, 5) is 37.2. The van der Waals surface area contributed by atoms with Crippen LogP contribution in [-0.2, 0) is 30.8 Å². The molecular formula is C31H46N4O7S. The summed E-state index contributed by atoms with van der Waals surface area (Å²) in [5.41, 5.74) is -0.902. The van der Waals surface area contributed by atoms with Gasteiger partial charge in [-0.25, -0.2) is 13.2 Å². The van der Waals surface area contributed by atoms with Crippen LogP contribution in [0.25, 0.3) is 0 Å². The molecule has 2 aromatic carbocycles. The second-order valence-electron chi connectivity index (χ2n) is 12.5. The van der Waals surface area contributed by atoms with E-state index >= 15 is 0 Å². The van der Waals surface area contributed by atoms with Crippen molar-refractivity contribution in [2.45, 2.75) is 90.0 Å². The molecule has 0 saturated carbocycles. The van der Waals surface area contributed by atoms with Gasteiger partial charge in [-0.05, 0) is 76.8 Å². The van der Waals surface area contributed by atoms with Crippen molar-refractivity contribution >= 4 is 33.6 Å². The summed E-state index contributed by atoms with van der Waals surface area (Å²) in [6, 6.07) is 14.1. The number of anilines is 1. The summed E-state index contributed by atoms with van der Waals surface area (Å²) < 4.78 is 33.9. The van der Waals surface area contributed by atoms with Gasteiger partial charge in [0.25, 0.3) is 0 Å². The molecule has 2 aromatic rings. The SMILES string of the molecule is CC(=O)Nc1ccc(S(=O)(=O)N(CC(C)C)C[C@@H](O)[C@H](Cc2ccccc2)NC(=O)C(C)(C)NC(=O)OC(C)(C)C)cc1. The third-order valence-corrected chi connectivity index (χ3v) is 8.08. The number of nitrogens with one attached hydrogen (secondary N) is 3. The van der Waals surface area contributed by atoms with Crippen LogP contribution < -0.4 is 16.0 Å². The van der Waals surface area contributed by atoms with E-state index in [1.165, 1.54) is 49.3 Å². The first-order valence-corrected chi connectivity index (χ1v) is 15.7. The number of carbonyl (C=O) groups excluding carboxylic acids is 3. The Morgan fingerprint density at radius 3 is 2.02 bits per heavy atom. The van der Waals surface area contributed by atoms with Crippen molar-refractivity contribution in [2.75, 3.05) is 18.4 Å². The van der Waals surface area contributed by atoms with E-state index in [0.717, 1.165) is 5.56 Å². The fourth-order valence-corrected chi connectivity index (χ4v) is 5.81. The molecule has 0 saturated heterocycles. The molecule has 43 heavy (non-hydrogen) atoms. The molecule has 4 N–H and O–H groups in total. The number of alkyl carbamates (subject to hydrolysis) is 1. The first-order valence-electron chi connectivity index (χ1n) is 14.2. The zero-order valence-electron chi connectivity index (χ0n) is 26.3. The van der Waals surface area contributed by atoms with Gasteiger partial charge in [0.05, 0.1) is 17.0 Å². The summed E-state index contributed by atoms with van der Waals surface area (Å²) in [6.45, 7) is 13.1. The summed E-state index contributed by atoms with van der Waals surface area (Å²) in [7, 11) is -4.06. The Kier molecular flexibility index (Phi) is 12.3. The number of hydrogen-bond acceptors (Lipinski definition) is 7. The average Bonchev–Trinajstić information content (AvgIpc) is 2.86. The van der Waals surface area contributed by atoms with Gasteiger partial charge in [-0.2, -0.15) is 4.31 Å². The molecule has 0 bridgehead atoms. The fraction of sp³-hybridized carbons (Fsp3) is 0.516. The van der Waals surface area contributed by atoms with Crippen LogP contribution in [0.4, 0.5) is 10.5 Å². The highest BCUT2D eigenvalue weighted by atomic mass is 32.2. The number of carbonyl (C=O) groups is 3. The van der Waals surface area contributed by atoms with Crippen LogP contribution in [0.5, 0.6) is 0 Å². The largest absolute Gasteiger partial charge is 0.444 e. The number of sulfonamides is 1. The van der Waals surface area contributed by atoms with Gasteiger partial charge in [0, 0.05) is 25.7 Å². The number of aliphatic hydroxyl groups is 1. The van der Waals surface area contributed by atoms with E-state index in [1.807, 2.05) is 44.2 Å². The van der Waals surface area contributed by atoms with Crippen molar-refractivity contribution in [1.82, 2.24) is 14.9 Å². The predicted octanol–water partition coefficient (Wildman–Crippen LogP) is 3.68. The first-order chi connectivity index (χ1) is 19.8. The van der Waals surface area contributed by atoms with Gasteiger partial charge >= 0.3 is 6.09 Å². The number of hydrogen-bond donors (Lipinski definition) is 4. The maximum atomic E-state index is 13.7. The van der Waals surface area contributed by atoms with Gasteiger partial charge in [-0.1, -0.05) is 44.2 Å². The van der Waals surface area contributed by atoms with Gasteiger partial charge in [0.15, 0.2) is 0 Å². The van der Waals surface area contributed by atoms with E-state index in [9.17, 15) is 27.9 Å². The maximum Gasteiger partial charge on any atom is 0.408 e. The second-order valence-corrected chi connectivity index (χ2v) is 14.4. The van der Waals surface area contributed by atoms with E-state index in [1.54, 1.807) is 20.8 Å². The Balaban J connectivity index is 2.34. The Morgan fingerprint density at radius 1 is 0.930 bits per heavy atom. The molecular weight excluding hydrogens is 572 g/mol. The minimum atomic E-state index is -4.06. The molecule has 0 radical (unpaired) electrons. The average molecular weight is 619 g/mol. The molecule has 0 aliphatic heterocycles. The smallest absolute Gasteiger partial charge is 0.408 e. The number of aliphatic hydroxyl groups excluding tert-OH is 1. The van der Waals surface area contributed by atoms with Crippen LogP contribution in [0.1, 0.15) is 61.0 Å². The van der Waals surface area contributed by atoms with E-state index in [-0.39, 0.29) is 36.2 Å². The molecule has 0 fully saturated rings. The lowest BCUT2D eigenvalue weighted by Gasteiger charge is -2.33. The number of benzene rings is 2. The highest BCUT2D eigenvalue weighted by Gasteiger charge is 2.36. The minimum absolute atomic E-state index is 0.000732. The molecule has 0 aliphatic rings. The molecule has 2 rings (SSSR count). The molecule has 0 aromatic heterocycles. The van der Waals surface area contributed by atoms with Crippen molar-refractivity contribution < 1.29 is 32.6 Å². The molecule has 0 heterocycles. The Labute approximate surface area is 255 Å². The van der Waals surface area contributed by atoms with Crippen LogP contribution in [0.2, 0.25) is 0 Å². The van der Waals surface area contributed by atoms with Gasteiger partial charge in [-0.3, -0.25) is 9.59 Å². The first kappa shape index (κ1) is 35.7. The van der Waals surface area contributed by atoms with Gasteiger partial charge in [-0.15, -0.1) is 0 Å². The molecule has 238 valence electrons. The van der Waals surface area contributed by atoms with Crippen LogP contribution in [0.15, 0.2) is 59.5 Å². The van der Waals surface area contributed by atoms with Gasteiger partial charge in [0.2, 0.25) is 21.8 Å².